The van der Waals surface area contributed by atoms with Crippen molar-refractivity contribution in [1.82, 2.24) is 9.97 Å². The monoisotopic (exact) mass is 401 g/mol. The summed E-state index contributed by atoms with van der Waals surface area (Å²) in [6.45, 7) is 0. The SMILES string of the molecule is COc1ccc2nc(/C(C#N)=C\c3ccc(I)cc3)[nH]c2c1. The van der Waals surface area contributed by atoms with E-state index in [4.69, 9.17) is 4.74 Å². The molecule has 0 saturated carbocycles. The van der Waals surface area contributed by atoms with Crippen molar-refractivity contribution in [2.24, 2.45) is 0 Å². The predicted octanol–water partition coefficient (Wildman–Crippen LogP) is 4.24. The number of nitrogens with one attached hydrogen (secondary N) is 1. The highest BCUT2D eigenvalue weighted by Gasteiger charge is 2.08. The van der Waals surface area contributed by atoms with Gasteiger partial charge in [-0.2, -0.15) is 5.26 Å². The minimum atomic E-state index is 0.497. The van der Waals surface area contributed by atoms with Crippen LogP contribution in [-0.4, -0.2) is 17.1 Å². The van der Waals surface area contributed by atoms with Gasteiger partial charge >= 0.3 is 0 Å². The van der Waals surface area contributed by atoms with Crippen LogP contribution in [-0.2, 0) is 0 Å². The molecule has 0 aliphatic rings. The van der Waals surface area contributed by atoms with Gasteiger partial charge in [-0.3, -0.25) is 0 Å². The fraction of sp³-hybridized carbons (Fsp3) is 0.0588. The van der Waals surface area contributed by atoms with E-state index in [9.17, 15) is 5.26 Å². The number of nitrogens with zero attached hydrogens (tertiary/aromatic N) is 2. The molecule has 0 fully saturated rings. The van der Waals surface area contributed by atoms with Crippen molar-refractivity contribution < 1.29 is 4.74 Å². The second kappa shape index (κ2) is 6.20. The van der Waals surface area contributed by atoms with Gasteiger partial charge in [0.05, 0.1) is 23.7 Å². The summed E-state index contributed by atoms with van der Waals surface area (Å²) in [5.74, 6) is 1.31. The zero-order valence-electron chi connectivity index (χ0n) is 11.8. The number of fused-ring (bicyclic) bond motifs is 1. The second-order valence-corrected chi connectivity index (χ2v) is 5.94. The Morgan fingerprint density at radius 1 is 1.27 bits per heavy atom. The molecule has 0 aliphatic carbocycles. The lowest BCUT2D eigenvalue weighted by Crippen LogP contribution is -1.85. The molecule has 1 N–H and O–H groups in total. The number of hydrogen-bond donors (Lipinski definition) is 1. The van der Waals surface area contributed by atoms with Crippen LogP contribution in [0.3, 0.4) is 0 Å². The first-order valence-corrected chi connectivity index (χ1v) is 7.69. The van der Waals surface area contributed by atoms with Crippen LogP contribution in [0.4, 0.5) is 0 Å². The molecule has 0 amide bonds. The lowest BCUT2D eigenvalue weighted by molar-refractivity contribution is 0.415. The topological polar surface area (TPSA) is 61.7 Å². The quantitative estimate of drug-likeness (QED) is 0.528. The summed E-state index contributed by atoms with van der Waals surface area (Å²) in [4.78, 5) is 7.64. The number of aromatic nitrogens is 2. The highest BCUT2D eigenvalue weighted by Crippen LogP contribution is 2.22. The maximum atomic E-state index is 9.42. The van der Waals surface area contributed by atoms with Crippen LogP contribution in [0.1, 0.15) is 11.4 Å². The van der Waals surface area contributed by atoms with Crippen molar-refractivity contribution in [3.63, 3.8) is 0 Å². The average Bonchev–Trinajstić information content (AvgIpc) is 2.97. The van der Waals surface area contributed by atoms with Crippen molar-refractivity contribution >= 4 is 45.3 Å². The van der Waals surface area contributed by atoms with Crippen LogP contribution in [0.15, 0.2) is 42.5 Å². The molecular weight excluding hydrogens is 389 g/mol. The summed E-state index contributed by atoms with van der Waals surface area (Å²) in [6.07, 6.45) is 1.82. The van der Waals surface area contributed by atoms with Crippen LogP contribution in [0, 0.1) is 14.9 Å². The Labute approximate surface area is 141 Å². The van der Waals surface area contributed by atoms with Crippen molar-refractivity contribution in [2.75, 3.05) is 7.11 Å². The van der Waals surface area contributed by atoms with Crippen LogP contribution < -0.4 is 4.74 Å². The number of allylic oxidation sites excluding steroid dienone is 1. The number of halogens is 1. The summed E-state index contributed by atoms with van der Waals surface area (Å²) >= 11 is 2.25. The largest absolute Gasteiger partial charge is 0.497 e. The first-order valence-electron chi connectivity index (χ1n) is 6.61. The molecule has 0 spiro atoms. The van der Waals surface area contributed by atoms with Crippen molar-refractivity contribution in [3.05, 3.63) is 57.4 Å². The molecule has 0 unspecified atom stereocenters. The molecular formula is C17H12IN3O. The molecule has 0 aliphatic heterocycles. The number of rotatable bonds is 3. The Kier molecular flexibility index (Phi) is 4.11. The fourth-order valence-corrected chi connectivity index (χ4v) is 2.48. The summed E-state index contributed by atoms with van der Waals surface area (Å²) < 4.78 is 6.35. The minimum Gasteiger partial charge on any atom is -0.497 e. The van der Waals surface area contributed by atoms with Gasteiger partial charge in [-0.1, -0.05) is 12.1 Å². The number of benzene rings is 2. The fourth-order valence-electron chi connectivity index (χ4n) is 2.12. The van der Waals surface area contributed by atoms with Crippen LogP contribution in [0.25, 0.3) is 22.7 Å². The van der Waals surface area contributed by atoms with Gasteiger partial charge in [0.2, 0.25) is 0 Å². The highest BCUT2D eigenvalue weighted by molar-refractivity contribution is 14.1. The maximum absolute atomic E-state index is 9.42. The van der Waals surface area contributed by atoms with E-state index in [1.54, 1.807) is 7.11 Å². The van der Waals surface area contributed by atoms with Gasteiger partial charge in [0.25, 0.3) is 0 Å². The first-order chi connectivity index (χ1) is 10.7. The van der Waals surface area contributed by atoms with E-state index >= 15 is 0 Å². The summed E-state index contributed by atoms with van der Waals surface area (Å²) in [5.41, 5.74) is 3.11. The number of aromatic amines is 1. The molecule has 0 bridgehead atoms. The maximum Gasteiger partial charge on any atom is 0.149 e. The Morgan fingerprint density at radius 2 is 2.05 bits per heavy atom. The molecule has 2 aromatic carbocycles. The van der Waals surface area contributed by atoms with E-state index in [2.05, 4.69) is 38.6 Å². The molecule has 0 atom stereocenters. The van der Waals surface area contributed by atoms with Gasteiger partial charge in [-0.05, 0) is 58.5 Å². The van der Waals surface area contributed by atoms with Crippen LogP contribution in [0.2, 0.25) is 0 Å². The third-order valence-electron chi connectivity index (χ3n) is 3.25. The van der Waals surface area contributed by atoms with E-state index in [0.29, 0.717) is 11.4 Å². The molecule has 3 aromatic rings. The van der Waals surface area contributed by atoms with Crippen LogP contribution >= 0.6 is 22.6 Å². The molecule has 5 heteroatoms. The molecule has 1 heterocycles. The second-order valence-electron chi connectivity index (χ2n) is 4.69. The number of methoxy groups -OCH3 is 1. The van der Waals surface area contributed by atoms with Gasteiger partial charge in [0, 0.05) is 9.64 Å². The summed E-state index contributed by atoms with van der Waals surface area (Å²) in [6, 6.07) is 15.8. The first kappa shape index (κ1) is 14.6. The van der Waals surface area contributed by atoms with Crippen molar-refractivity contribution in [1.29, 1.82) is 5.26 Å². The Bertz CT molecular complexity index is 888. The Morgan fingerprint density at radius 3 is 2.73 bits per heavy atom. The smallest absolute Gasteiger partial charge is 0.149 e. The van der Waals surface area contributed by atoms with Gasteiger partial charge in [0.1, 0.15) is 17.6 Å². The van der Waals surface area contributed by atoms with Gasteiger partial charge in [-0.25, -0.2) is 4.98 Å². The third kappa shape index (κ3) is 2.97. The van der Waals surface area contributed by atoms with E-state index in [1.807, 2.05) is 48.5 Å². The molecule has 22 heavy (non-hydrogen) atoms. The van der Waals surface area contributed by atoms with E-state index in [0.717, 1.165) is 25.9 Å². The molecule has 1 aromatic heterocycles. The number of hydrogen-bond acceptors (Lipinski definition) is 3. The zero-order chi connectivity index (χ0) is 15.5. The predicted molar refractivity (Wildman–Crippen MR) is 95.3 cm³/mol. The molecule has 0 saturated heterocycles. The number of ether oxygens (including phenoxy) is 1. The molecule has 3 rings (SSSR count). The lowest BCUT2D eigenvalue weighted by atomic mass is 10.1. The van der Waals surface area contributed by atoms with Gasteiger partial charge in [0.15, 0.2) is 0 Å². The lowest BCUT2D eigenvalue weighted by Gasteiger charge is -1.97. The van der Waals surface area contributed by atoms with Crippen molar-refractivity contribution in [3.8, 4) is 11.8 Å². The average molecular weight is 401 g/mol. The van der Waals surface area contributed by atoms with E-state index in [-0.39, 0.29) is 0 Å². The highest BCUT2D eigenvalue weighted by atomic mass is 127. The van der Waals surface area contributed by atoms with Gasteiger partial charge in [-0.15, -0.1) is 0 Å². The summed E-state index contributed by atoms with van der Waals surface area (Å²) in [7, 11) is 1.62. The van der Waals surface area contributed by atoms with Crippen LogP contribution in [0.5, 0.6) is 5.75 Å². The number of H-pyrrole nitrogens is 1. The molecule has 108 valence electrons. The zero-order valence-corrected chi connectivity index (χ0v) is 14.0. The normalized spacial score (nSPS) is 11.4. The Hall–Kier alpha value is -2.33. The third-order valence-corrected chi connectivity index (χ3v) is 3.96. The van der Waals surface area contributed by atoms with Gasteiger partial charge < -0.3 is 9.72 Å². The summed E-state index contributed by atoms with van der Waals surface area (Å²) in [5, 5.41) is 9.42. The molecule has 0 radical (unpaired) electrons. The minimum absolute atomic E-state index is 0.497. The van der Waals surface area contributed by atoms with E-state index in [1.165, 1.54) is 0 Å². The molecule has 4 nitrogen and oxygen atoms in total. The van der Waals surface area contributed by atoms with Crippen molar-refractivity contribution in [2.45, 2.75) is 0 Å². The number of imidazole rings is 1. The number of nitriles is 1. The standard InChI is InChI=1S/C17H12IN3O/c1-22-14-6-7-15-16(9-14)21-17(20-15)12(10-19)8-11-2-4-13(18)5-3-11/h2-9H,1H3,(H,20,21)/b12-8-. The van der Waals surface area contributed by atoms with E-state index < -0.39 is 0 Å². The Balaban J connectivity index is 2.03.